The van der Waals surface area contributed by atoms with Crippen LogP contribution in [0.1, 0.15) is 5.69 Å². The number of fused-ring (bicyclic) bond motifs is 3. The van der Waals surface area contributed by atoms with E-state index in [1.165, 1.54) is 4.68 Å². The Morgan fingerprint density at radius 3 is 2.86 bits per heavy atom. The SMILES string of the molecule is Cc1ccc2c(ncc3c(=O)n(-c4cccnc4)[nH]c32)n1. The summed E-state index contributed by atoms with van der Waals surface area (Å²) in [5.41, 5.74) is 2.80. The van der Waals surface area contributed by atoms with Gasteiger partial charge in [0.05, 0.1) is 22.8 Å². The van der Waals surface area contributed by atoms with Crippen molar-refractivity contribution >= 4 is 21.9 Å². The molecule has 0 aromatic carbocycles. The lowest BCUT2D eigenvalue weighted by Crippen LogP contribution is -2.14. The molecule has 0 aliphatic carbocycles. The molecule has 0 saturated carbocycles. The van der Waals surface area contributed by atoms with Gasteiger partial charge in [0.15, 0.2) is 5.65 Å². The summed E-state index contributed by atoms with van der Waals surface area (Å²) in [5, 5.41) is 4.50. The fourth-order valence-corrected chi connectivity index (χ4v) is 2.41. The molecule has 102 valence electrons. The highest BCUT2D eigenvalue weighted by Gasteiger charge is 2.12. The van der Waals surface area contributed by atoms with Crippen LogP contribution in [-0.4, -0.2) is 24.7 Å². The van der Waals surface area contributed by atoms with Crippen LogP contribution in [0.2, 0.25) is 0 Å². The van der Waals surface area contributed by atoms with E-state index in [0.29, 0.717) is 16.7 Å². The number of H-pyrrole nitrogens is 1. The van der Waals surface area contributed by atoms with Gasteiger partial charge in [0.25, 0.3) is 5.56 Å². The van der Waals surface area contributed by atoms with Gasteiger partial charge in [0.1, 0.15) is 0 Å². The topological polar surface area (TPSA) is 76.5 Å². The van der Waals surface area contributed by atoms with Crippen molar-refractivity contribution in [3.05, 3.63) is 58.9 Å². The molecule has 0 fully saturated rings. The van der Waals surface area contributed by atoms with Crippen molar-refractivity contribution in [3.8, 4) is 5.69 Å². The Kier molecular flexibility index (Phi) is 2.38. The van der Waals surface area contributed by atoms with E-state index in [0.717, 1.165) is 16.6 Å². The third-order valence-electron chi connectivity index (χ3n) is 3.43. The van der Waals surface area contributed by atoms with Crippen molar-refractivity contribution < 1.29 is 0 Å². The van der Waals surface area contributed by atoms with E-state index in [2.05, 4.69) is 20.1 Å². The zero-order valence-corrected chi connectivity index (χ0v) is 11.2. The number of aromatic amines is 1. The Hall–Kier alpha value is -3.02. The summed E-state index contributed by atoms with van der Waals surface area (Å²) >= 11 is 0. The van der Waals surface area contributed by atoms with Crippen LogP contribution in [0.3, 0.4) is 0 Å². The molecule has 0 saturated heterocycles. The number of aromatic nitrogens is 5. The molecule has 6 heteroatoms. The fraction of sp³-hybridized carbons (Fsp3) is 0.0667. The second-order valence-electron chi connectivity index (χ2n) is 4.83. The van der Waals surface area contributed by atoms with E-state index >= 15 is 0 Å². The van der Waals surface area contributed by atoms with Gasteiger partial charge in [-0.2, -0.15) is 0 Å². The smallest absolute Gasteiger partial charge is 0.280 e. The largest absolute Gasteiger partial charge is 0.289 e. The number of hydrogen-bond donors (Lipinski definition) is 1. The number of nitrogens with zero attached hydrogens (tertiary/aromatic N) is 4. The standard InChI is InChI=1S/C15H11N5O/c1-9-4-5-11-13-12(8-17-14(11)18-9)15(21)20(19-13)10-3-2-6-16-7-10/h2-8,19H,1H3. The lowest BCUT2D eigenvalue weighted by atomic mass is 10.2. The first-order valence-corrected chi connectivity index (χ1v) is 6.51. The third kappa shape index (κ3) is 1.73. The average Bonchev–Trinajstić information content (AvgIpc) is 2.85. The van der Waals surface area contributed by atoms with Gasteiger partial charge in [-0.05, 0) is 31.2 Å². The summed E-state index contributed by atoms with van der Waals surface area (Å²) < 4.78 is 1.47. The van der Waals surface area contributed by atoms with E-state index in [1.807, 2.05) is 25.1 Å². The number of rotatable bonds is 1. The Labute approximate surface area is 119 Å². The van der Waals surface area contributed by atoms with Crippen LogP contribution in [0, 0.1) is 6.92 Å². The Morgan fingerprint density at radius 2 is 2.05 bits per heavy atom. The molecular weight excluding hydrogens is 266 g/mol. The highest BCUT2D eigenvalue weighted by molar-refractivity contribution is 6.01. The second kappa shape index (κ2) is 4.24. The number of pyridine rings is 3. The van der Waals surface area contributed by atoms with Gasteiger partial charge < -0.3 is 0 Å². The summed E-state index contributed by atoms with van der Waals surface area (Å²) in [6, 6.07) is 7.44. The Bertz CT molecular complexity index is 1020. The van der Waals surface area contributed by atoms with Gasteiger partial charge in [0.2, 0.25) is 0 Å². The highest BCUT2D eigenvalue weighted by Crippen LogP contribution is 2.19. The zero-order valence-electron chi connectivity index (χ0n) is 11.2. The van der Waals surface area contributed by atoms with Gasteiger partial charge in [-0.25, -0.2) is 14.6 Å². The first-order valence-electron chi connectivity index (χ1n) is 6.51. The number of hydrogen-bond acceptors (Lipinski definition) is 4. The van der Waals surface area contributed by atoms with Crippen molar-refractivity contribution in [2.24, 2.45) is 0 Å². The minimum Gasteiger partial charge on any atom is -0.289 e. The molecule has 6 nitrogen and oxygen atoms in total. The quantitative estimate of drug-likeness (QED) is 0.577. The van der Waals surface area contributed by atoms with Gasteiger partial charge >= 0.3 is 0 Å². The Balaban J connectivity index is 2.11. The van der Waals surface area contributed by atoms with E-state index in [9.17, 15) is 4.79 Å². The van der Waals surface area contributed by atoms with E-state index in [1.54, 1.807) is 24.7 Å². The lowest BCUT2D eigenvalue weighted by molar-refractivity contribution is 0.858. The van der Waals surface area contributed by atoms with Gasteiger partial charge in [-0.1, -0.05) is 0 Å². The summed E-state index contributed by atoms with van der Waals surface area (Å²) in [4.78, 5) is 25.2. The van der Waals surface area contributed by atoms with Crippen molar-refractivity contribution in [3.63, 3.8) is 0 Å². The first kappa shape index (κ1) is 11.8. The normalized spacial score (nSPS) is 11.3. The van der Waals surface area contributed by atoms with Gasteiger partial charge in [-0.15, -0.1) is 0 Å². The molecule has 1 N–H and O–H groups in total. The summed E-state index contributed by atoms with van der Waals surface area (Å²) in [6.45, 7) is 1.91. The molecule has 0 unspecified atom stereocenters. The third-order valence-corrected chi connectivity index (χ3v) is 3.43. The first-order chi connectivity index (χ1) is 10.2. The molecule has 21 heavy (non-hydrogen) atoms. The van der Waals surface area contributed by atoms with Gasteiger partial charge in [0, 0.05) is 23.5 Å². The van der Waals surface area contributed by atoms with Crippen LogP contribution in [0.15, 0.2) is 47.7 Å². The predicted octanol–water partition coefficient (Wildman–Crippen LogP) is 1.97. The van der Waals surface area contributed by atoms with E-state index in [4.69, 9.17) is 0 Å². The summed E-state index contributed by atoms with van der Waals surface area (Å²) in [5.74, 6) is 0. The van der Waals surface area contributed by atoms with Crippen LogP contribution in [0.5, 0.6) is 0 Å². The molecule has 4 aromatic rings. The summed E-state index contributed by atoms with van der Waals surface area (Å²) in [6.07, 6.45) is 4.87. The maximum absolute atomic E-state index is 12.5. The predicted molar refractivity (Wildman–Crippen MR) is 79.5 cm³/mol. The molecule has 0 spiro atoms. The molecule has 4 heterocycles. The monoisotopic (exact) mass is 277 g/mol. The zero-order chi connectivity index (χ0) is 14.4. The molecule has 4 aromatic heterocycles. The van der Waals surface area contributed by atoms with Crippen LogP contribution >= 0.6 is 0 Å². The number of aryl methyl sites for hydroxylation is 1. The van der Waals surface area contributed by atoms with Crippen molar-refractivity contribution in [2.75, 3.05) is 0 Å². The lowest BCUT2D eigenvalue weighted by Gasteiger charge is -2.00. The van der Waals surface area contributed by atoms with Crippen molar-refractivity contribution in [2.45, 2.75) is 6.92 Å². The minimum absolute atomic E-state index is 0.145. The maximum Gasteiger partial charge on any atom is 0.280 e. The van der Waals surface area contributed by atoms with Crippen LogP contribution in [-0.2, 0) is 0 Å². The molecule has 0 amide bonds. The summed E-state index contributed by atoms with van der Waals surface area (Å²) in [7, 11) is 0. The maximum atomic E-state index is 12.5. The highest BCUT2D eigenvalue weighted by atomic mass is 16.1. The van der Waals surface area contributed by atoms with Crippen LogP contribution in [0.4, 0.5) is 0 Å². The van der Waals surface area contributed by atoms with E-state index < -0.39 is 0 Å². The van der Waals surface area contributed by atoms with Gasteiger partial charge in [-0.3, -0.25) is 14.9 Å². The molecular formula is C15H11N5O. The molecule has 4 rings (SSSR count). The molecule has 0 radical (unpaired) electrons. The van der Waals surface area contributed by atoms with Crippen LogP contribution < -0.4 is 5.56 Å². The molecule has 0 atom stereocenters. The van der Waals surface area contributed by atoms with E-state index in [-0.39, 0.29) is 5.56 Å². The Morgan fingerprint density at radius 1 is 1.14 bits per heavy atom. The average molecular weight is 277 g/mol. The molecule has 0 aliphatic rings. The minimum atomic E-state index is -0.145. The molecule has 0 bridgehead atoms. The number of nitrogens with one attached hydrogen (secondary N) is 1. The molecule has 0 aliphatic heterocycles. The van der Waals surface area contributed by atoms with Crippen molar-refractivity contribution in [1.29, 1.82) is 0 Å². The second-order valence-corrected chi connectivity index (χ2v) is 4.83. The van der Waals surface area contributed by atoms with Crippen molar-refractivity contribution in [1.82, 2.24) is 24.7 Å². The fourth-order valence-electron chi connectivity index (χ4n) is 2.41. The van der Waals surface area contributed by atoms with Crippen LogP contribution in [0.25, 0.3) is 27.6 Å².